The second kappa shape index (κ2) is 7.60. The molecule has 26 heavy (non-hydrogen) atoms. The molecule has 7 heteroatoms. The van der Waals surface area contributed by atoms with E-state index in [1.165, 1.54) is 0 Å². The number of aryl methyl sites for hydroxylation is 1. The molecular weight excluding hydrogens is 332 g/mol. The normalized spacial score (nSPS) is 10.5. The molecule has 3 rings (SSSR count). The number of nitrogens with one attached hydrogen (secondary N) is 2. The first kappa shape index (κ1) is 17.3. The highest BCUT2D eigenvalue weighted by Gasteiger charge is 2.12. The predicted octanol–water partition coefficient (Wildman–Crippen LogP) is 2.91. The molecule has 0 aliphatic heterocycles. The zero-order valence-corrected chi connectivity index (χ0v) is 14.2. The molecule has 132 valence electrons. The van der Waals surface area contributed by atoms with Gasteiger partial charge in [-0.25, -0.2) is 9.97 Å². The second-order valence-corrected chi connectivity index (χ2v) is 5.84. The maximum atomic E-state index is 11.8. The number of para-hydroxylation sites is 2. The summed E-state index contributed by atoms with van der Waals surface area (Å²) < 4.78 is 0. The lowest BCUT2D eigenvalue weighted by Crippen LogP contribution is -2.30. The predicted molar refractivity (Wildman–Crippen MR) is 98.3 cm³/mol. The Balaban J connectivity index is 1.91. The van der Waals surface area contributed by atoms with E-state index in [-0.39, 0.29) is 12.8 Å². The number of carbonyl (C=O) groups excluding carboxylic acids is 1. The van der Waals surface area contributed by atoms with Crippen molar-refractivity contribution >= 4 is 28.7 Å². The van der Waals surface area contributed by atoms with Crippen molar-refractivity contribution in [2.45, 2.75) is 19.8 Å². The minimum absolute atomic E-state index is 0.122. The van der Waals surface area contributed by atoms with E-state index in [1.54, 1.807) is 0 Å². The van der Waals surface area contributed by atoms with Crippen molar-refractivity contribution in [3.05, 3.63) is 54.1 Å². The van der Waals surface area contributed by atoms with Gasteiger partial charge in [0, 0.05) is 12.0 Å². The number of benzene rings is 2. The molecule has 0 atom stereocenters. The summed E-state index contributed by atoms with van der Waals surface area (Å²) in [6.45, 7) is 2.00. The molecule has 1 amide bonds. The van der Waals surface area contributed by atoms with Gasteiger partial charge in [-0.1, -0.05) is 42.0 Å². The monoisotopic (exact) mass is 350 g/mol. The Kier molecular flexibility index (Phi) is 5.07. The molecule has 0 aliphatic rings. The molecule has 0 bridgehead atoms. The number of carboxylic acids is 1. The molecule has 0 radical (unpaired) electrons. The van der Waals surface area contributed by atoms with Crippen molar-refractivity contribution < 1.29 is 14.7 Å². The highest BCUT2D eigenvalue weighted by molar-refractivity contribution is 5.85. The number of hydrogen-bond acceptors (Lipinski definition) is 5. The molecule has 0 spiro atoms. The van der Waals surface area contributed by atoms with Crippen molar-refractivity contribution in [3.8, 4) is 11.3 Å². The standard InChI is InChI=1S/C19H18N4O3/c1-12-6-8-13(9-7-12)18-19(23-22-16(24)10-11-17(25)26)21-15-5-3-2-4-14(15)20-18/h2-9H,10-11H2,1H3,(H,21,23)(H,22,24)(H,25,26). The summed E-state index contributed by atoms with van der Waals surface area (Å²) in [5.41, 5.74) is 9.27. The van der Waals surface area contributed by atoms with Crippen LogP contribution in [0, 0.1) is 6.92 Å². The number of carboxylic acid groups (broad SMARTS) is 1. The Morgan fingerprint density at radius 2 is 1.62 bits per heavy atom. The number of aromatic nitrogens is 2. The fourth-order valence-corrected chi connectivity index (χ4v) is 2.41. The topological polar surface area (TPSA) is 104 Å². The minimum Gasteiger partial charge on any atom is -0.481 e. The number of nitrogens with zero attached hydrogens (tertiary/aromatic N) is 2. The second-order valence-electron chi connectivity index (χ2n) is 5.84. The molecule has 0 saturated carbocycles. The van der Waals surface area contributed by atoms with Gasteiger partial charge in [0.25, 0.3) is 0 Å². The Labute approximate surface area is 150 Å². The van der Waals surface area contributed by atoms with E-state index in [9.17, 15) is 9.59 Å². The summed E-state index contributed by atoms with van der Waals surface area (Å²) in [6, 6.07) is 15.3. The Morgan fingerprint density at radius 1 is 0.962 bits per heavy atom. The third kappa shape index (κ3) is 4.13. The Morgan fingerprint density at radius 3 is 2.27 bits per heavy atom. The highest BCUT2D eigenvalue weighted by Crippen LogP contribution is 2.26. The molecule has 0 unspecified atom stereocenters. The molecule has 0 saturated heterocycles. The molecule has 1 aromatic heterocycles. The Hall–Kier alpha value is -3.48. The number of aliphatic carboxylic acids is 1. The maximum Gasteiger partial charge on any atom is 0.303 e. The van der Waals surface area contributed by atoms with Gasteiger partial charge < -0.3 is 5.11 Å². The average molecular weight is 350 g/mol. The first-order chi connectivity index (χ1) is 12.5. The van der Waals surface area contributed by atoms with Crippen LogP contribution in [-0.4, -0.2) is 27.0 Å². The highest BCUT2D eigenvalue weighted by atomic mass is 16.4. The number of amides is 1. The molecular formula is C19H18N4O3. The van der Waals surface area contributed by atoms with Crippen LogP contribution in [0.15, 0.2) is 48.5 Å². The van der Waals surface area contributed by atoms with Crippen LogP contribution in [-0.2, 0) is 9.59 Å². The summed E-state index contributed by atoms with van der Waals surface area (Å²) in [5.74, 6) is -1.06. The van der Waals surface area contributed by atoms with Crippen molar-refractivity contribution in [2.24, 2.45) is 0 Å². The van der Waals surface area contributed by atoms with Crippen LogP contribution in [0.25, 0.3) is 22.3 Å². The minimum atomic E-state index is -1.02. The lowest BCUT2D eigenvalue weighted by molar-refractivity contribution is -0.138. The van der Waals surface area contributed by atoms with Crippen LogP contribution in [0.1, 0.15) is 18.4 Å². The molecule has 3 aromatic rings. The van der Waals surface area contributed by atoms with Gasteiger partial charge in [-0.3, -0.25) is 20.4 Å². The largest absolute Gasteiger partial charge is 0.481 e. The van der Waals surface area contributed by atoms with E-state index in [4.69, 9.17) is 5.11 Å². The van der Waals surface area contributed by atoms with Crippen molar-refractivity contribution in [3.63, 3.8) is 0 Å². The Bertz CT molecular complexity index is 955. The van der Waals surface area contributed by atoms with E-state index in [0.717, 1.165) is 16.6 Å². The van der Waals surface area contributed by atoms with Gasteiger partial charge in [0.2, 0.25) is 5.91 Å². The van der Waals surface area contributed by atoms with Crippen LogP contribution in [0.5, 0.6) is 0 Å². The van der Waals surface area contributed by atoms with E-state index < -0.39 is 11.9 Å². The quantitative estimate of drug-likeness (QED) is 0.591. The fourth-order valence-electron chi connectivity index (χ4n) is 2.41. The molecule has 0 aliphatic carbocycles. The van der Waals surface area contributed by atoms with Gasteiger partial charge in [0.05, 0.1) is 17.5 Å². The van der Waals surface area contributed by atoms with Gasteiger partial charge in [0.15, 0.2) is 5.82 Å². The van der Waals surface area contributed by atoms with Gasteiger partial charge in [-0.05, 0) is 19.1 Å². The number of anilines is 1. The number of hydrogen-bond donors (Lipinski definition) is 3. The van der Waals surface area contributed by atoms with Crippen LogP contribution in [0.2, 0.25) is 0 Å². The van der Waals surface area contributed by atoms with Gasteiger partial charge in [-0.2, -0.15) is 0 Å². The first-order valence-corrected chi connectivity index (χ1v) is 8.13. The van der Waals surface area contributed by atoms with Crippen molar-refractivity contribution in [1.29, 1.82) is 0 Å². The fraction of sp³-hybridized carbons (Fsp3) is 0.158. The van der Waals surface area contributed by atoms with Crippen LogP contribution in [0.3, 0.4) is 0 Å². The third-order valence-electron chi connectivity index (χ3n) is 3.78. The zero-order chi connectivity index (χ0) is 18.5. The van der Waals surface area contributed by atoms with Gasteiger partial charge in [-0.15, -0.1) is 0 Å². The number of fused-ring (bicyclic) bond motifs is 1. The summed E-state index contributed by atoms with van der Waals surface area (Å²) >= 11 is 0. The number of carbonyl (C=O) groups is 2. The van der Waals surface area contributed by atoms with Crippen LogP contribution < -0.4 is 10.9 Å². The summed E-state index contributed by atoms with van der Waals surface area (Å²) in [5, 5.41) is 8.66. The van der Waals surface area contributed by atoms with Gasteiger partial charge in [0.1, 0.15) is 5.69 Å². The molecule has 0 fully saturated rings. The van der Waals surface area contributed by atoms with Gasteiger partial charge >= 0.3 is 5.97 Å². The molecule has 2 aromatic carbocycles. The average Bonchev–Trinajstić information content (AvgIpc) is 2.64. The first-order valence-electron chi connectivity index (χ1n) is 8.13. The van der Waals surface area contributed by atoms with Crippen molar-refractivity contribution in [2.75, 3.05) is 5.43 Å². The number of hydrazine groups is 1. The van der Waals surface area contributed by atoms with E-state index >= 15 is 0 Å². The lowest BCUT2D eigenvalue weighted by Gasteiger charge is -2.13. The molecule has 7 nitrogen and oxygen atoms in total. The van der Waals surface area contributed by atoms with Crippen LogP contribution >= 0.6 is 0 Å². The van der Waals surface area contributed by atoms with E-state index in [1.807, 2.05) is 55.5 Å². The molecule has 1 heterocycles. The van der Waals surface area contributed by atoms with Crippen molar-refractivity contribution in [1.82, 2.24) is 15.4 Å². The lowest BCUT2D eigenvalue weighted by atomic mass is 10.1. The summed E-state index contributed by atoms with van der Waals surface area (Å²) in [7, 11) is 0. The summed E-state index contributed by atoms with van der Waals surface area (Å²) in [6.07, 6.45) is -0.356. The maximum absolute atomic E-state index is 11.8. The third-order valence-corrected chi connectivity index (χ3v) is 3.78. The smallest absolute Gasteiger partial charge is 0.303 e. The molecule has 3 N–H and O–H groups in total. The van der Waals surface area contributed by atoms with E-state index in [2.05, 4.69) is 20.8 Å². The zero-order valence-electron chi connectivity index (χ0n) is 14.2. The van der Waals surface area contributed by atoms with E-state index in [0.29, 0.717) is 17.0 Å². The summed E-state index contributed by atoms with van der Waals surface area (Å²) in [4.78, 5) is 31.6. The van der Waals surface area contributed by atoms with Crippen LogP contribution in [0.4, 0.5) is 5.82 Å². The number of rotatable bonds is 6. The SMILES string of the molecule is Cc1ccc(-c2nc3ccccc3nc2NNC(=O)CCC(=O)O)cc1.